The summed E-state index contributed by atoms with van der Waals surface area (Å²) >= 11 is 3.71. The van der Waals surface area contributed by atoms with E-state index in [1.54, 1.807) is 24.3 Å². The van der Waals surface area contributed by atoms with Crippen molar-refractivity contribution in [3.8, 4) is 0 Å². The van der Waals surface area contributed by atoms with E-state index in [0.29, 0.717) is 16.7 Å². The Hall–Kier alpha value is -0.390. The molecule has 3 aliphatic rings. The fourth-order valence-corrected chi connectivity index (χ4v) is 6.00. The van der Waals surface area contributed by atoms with Crippen molar-refractivity contribution >= 4 is 26.0 Å². The zero-order valence-electron chi connectivity index (χ0n) is 10.6. The van der Waals surface area contributed by atoms with E-state index in [0.717, 1.165) is 12.8 Å². The van der Waals surface area contributed by atoms with Gasteiger partial charge in [0.1, 0.15) is 0 Å². The lowest BCUT2D eigenvalue weighted by Crippen LogP contribution is -2.54. The molecule has 1 aromatic rings. The van der Waals surface area contributed by atoms with Gasteiger partial charge in [0.15, 0.2) is 0 Å². The Bertz CT molecular complexity index is 536. The summed E-state index contributed by atoms with van der Waals surface area (Å²) < 4.78 is 27.7. The van der Waals surface area contributed by atoms with Crippen LogP contribution in [-0.2, 0) is 10.0 Å². The summed E-state index contributed by atoms with van der Waals surface area (Å²) in [6.45, 7) is 0. The Balaban J connectivity index is 1.81. The first kappa shape index (κ1) is 13.6. The third kappa shape index (κ3) is 2.60. The Morgan fingerprint density at radius 3 is 2.16 bits per heavy atom. The van der Waals surface area contributed by atoms with Crippen LogP contribution in [0, 0.1) is 11.8 Å². The Morgan fingerprint density at radius 1 is 1.00 bits per heavy atom. The number of halogens is 1. The monoisotopic (exact) mass is 343 g/mol. The lowest BCUT2D eigenvalue weighted by atomic mass is 9.68. The summed E-state index contributed by atoms with van der Waals surface area (Å²) in [5.74, 6) is 1.10. The molecule has 0 aliphatic heterocycles. The van der Waals surface area contributed by atoms with Gasteiger partial charge in [0, 0.05) is 10.9 Å². The minimum absolute atomic E-state index is 0.0395. The van der Waals surface area contributed by atoms with Gasteiger partial charge in [0.2, 0.25) is 10.0 Å². The zero-order chi connectivity index (χ0) is 13.5. The van der Waals surface area contributed by atoms with Gasteiger partial charge in [-0.3, -0.25) is 0 Å². The van der Waals surface area contributed by atoms with E-state index in [4.69, 9.17) is 0 Å². The van der Waals surface area contributed by atoms with Gasteiger partial charge >= 0.3 is 0 Å². The van der Waals surface area contributed by atoms with Gasteiger partial charge in [-0.05, 0) is 49.7 Å². The molecule has 0 spiro atoms. The molecule has 0 heterocycles. The van der Waals surface area contributed by atoms with E-state index in [2.05, 4.69) is 20.7 Å². The van der Waals surface area contributed by atoms with Crippen molar-refractivity contribution in [1.82, 2.24) is 4.72 Å². The molecule has 2 bridgehead atoms. The third-order valence-corrected chi connectivity index (χ3v) is 7.25. The molecule has 2 atom stereocenters. The molecule has 1 N–H and O–H groups in total. The van der Waals surface area contributed by atoms with Crippen LogP contribution in [0.1, 0.15) is 25.7 Å². The molecule has 5 heteroatoms. The van der Waals surface area contributed by atoms with Crippen LogP contribution in [0.4, 0.5) is 0 Å². The van der Waals surface area contributed by atoms with E-state index in [9.17, 15) is 8.42 Å². The quantitative estimate of drug-likeness (QED) is 0.857. The summed E-state index contributed by atoms with van der Waals surface area (Å²) in [6, 6.07) is 8.67. The molecule has 0 radical (unpaired) electrons. The standard InChI is InChI=1S/C14H18BrNO2S/c15-13-10-6-8-11(9-7-10)14(13)16-19(17,18)12-4-2-1-3-5-12/h1-5,10-11,13-14,16H,6-9H2. The smallest absolute Gasteiger partial charge is 0.207 e. The number of benzene rings is 1. The van der Waals surface area contributed by atoms with Crippen molar-refractivity contribution in [3.05, 3.63) is 30.3 Å². The van der Waals surface area contributed by atoms with E-state index in [1.807, 2.05) is 6.07 Å². The van der Waals surface area contributed by atoms with Crippen LogP contribution in [0.5, 0.6) is 0 Å². The number of nitrogens with one attached hydrogen (secondary N) is 1. The van der Waals surface area contributed by atoms with Crippen LogP contribution in [0.2, 0.25) is 0 Å². The van der Waals surface area contributed by atoms with E-state index in [1.165, 1.54) is 12.8 Å². The maximum Gasteiger partial charge on any atom is 0.240 e. The SMILES string of the molecule is O=S(=O)(NC1C2CCC(CC2)C1Br)c1ccccc1. The third-order valence-electron chi connectivity index (χ3n) is 4.46. The highest BCUT2D eigenvalue weighted by Gasteiger charge is 2.43. The molecular formula is C14H18BrNO2S. The Kier molecular flexibility index (Phi) is 3.71. The van der Waals surface area contributed by atoms with E-state index in [-0.39, 0.29) is 10.9 Å². The first-order valence-electron chi connectivity index (χ1n) is 6.79. The van der Waals surface area contributed by atoms with Crippen LogP contribution >= 0.6 is 15.9 Å². The highest BCUT2D eigenvalue weighted by Crippen LogP contribution is 2.45. The van der Waals surface area contributed by atoms with Crippen LogP contribution in [0.15, 0.2) is 35.2 Å². The van der Waals surface area contributed by atoms with Gasteiger partial charge in [0.05, 0.1) is 4.90 Å². The molecular weight excluding hydrogens is 326 g/mol. The average molecular weight is 344 g/mol. The van der Waals surface area contributed by atoms with E-state index < -0.39 is 10.0 Å². The average Bonchev–Trinajstić information content (AvgIpc) is 2.44. The van der Waals surface area contributed by atoms with Crippen LogP contribution in [0.25, 0.3) is 0 Å². The molecule has 19 heavy (non-hydrogen) atoms. The Morgan fingerprint density at radius 2 is 1.58 bits per heavy atom. The molecule has 3 fully saturated rings. The molecule has 3 saturated carbocycles. The Labute approximate surface area is 123 Å². The number of hydrogen-bond donors (Lipinski definition) is 1. The summed E-state index contributed by atoms with van der Waals surface area (Å²) in [5.41, 5.74) is 0. The van der Waals surface area contributed by atoms with Crippen molar-refractivity contribution in [1.29, 1.82) is 0 Å². The molecule has 1 aromatic carbocycles. The fourth-order valence-electron chi connectivity index (χ4n) is 3.38. The predicted octanol–water partition coefficient (Wildman–Crippen LogP) is 2.92. The lowest BCUT2D eigenvalue weighted by molar-refractivity contribution is 0.149. The number of sulfonamides is 1. The summed E-state index contributed by atoms with van der Waals surface area (Å²) in [6.07, 6.45) is 4.75. The van der Waals surface area contributed by atoms with Gasteiger partial charge in [-0.1, -0.05) is 34.1 Å². The van der Waals surface area contributed by atoms with E-state index >= 15 is 0 Å². The second-order valence-electron chi connectivity index (χ2n) is 5.58. The molecule has 4 rings (SSSR count). The minimum Gasteiger partial charge on any atom is -0.207 e. The van der Waals surface area contributed by atoms with Gasteiger partial charge in [-0.15, -0.1) is 0 Å². The van der Waals surface area contributed by atoms with Crippen molar-refractivity contribution in [3.63, 3.8) is 0 Å². The van der Waals surface area contributed by atoms with Gasteiger partial charge < -0.3 is 0 Å². The topological polar surface area (TPSA) is 46.2 Å². The second-order valence-corrected chi connectivity index (χ2v) is 8.35. The van der Waals surface area contributed by atoms with Crippen molar-refractivity contribution < 1.29 is 8.42 Å². The number of alkyl halides is 1. The normalized spacial score (nSPS) is 34.4. The zero-order valence-corrected chi connectivity index (χ0v) is 13.0. The summed E-state index contributed by atoms with van der Waals surface area (Å²) in [7, 11) is -3.40. The van der Waals surface area contributed by atoms with Gasteiger partial charge in [-0.25, -0.2) is 13.1 Å². The van der Waals surface area contributed by atoms with Crippen LogP contribution < -0.4 is 4.72 Å². The predicted molar refractivity (Wildman–Crippen MR) is 78.7 cm³/mol. The minimum atomic E-state index is -3.40. The van der Waals surface area contributed by atoms with Crippen LogP contribution in [0.3, 0.4) is 0 Å². The largest absolute Gasteiger partial charge is 0.240 e. The maximum atomic E-state index is 12.4. The van der Waals surface area contributed by atoms with Crippen molar-refractivity contribution in [2.75, 3.05) is 0 Å². The fraction of sp³-hybridized carbons (Fsp3) is 0.571. The molecule has 0 aromatic heterocycles. The number of hydrogen-bond acceptors (Lipinski definition) is 2. The lowest BCUT2D eigenvalue weighted by Gasteiger charge is -2.46. The maximum absolute atomic E-state index is 12.4. The molecule has 0 amide bonds. The molecule has 0 saturated heterocycles. The summed E-state index contributed by atoms with van der Waals surface area (Å²) in [4.78, 5) is 0.634. The first-order chi connectivity index (χ1) is 9.08. The number of fused-ring (bicyclic) bond motifs is 3. The molecule has 3 aliphatic carbocycles. The molecule has 104 valence electrons. The van der Waals surface area contributed by atoms with Gasteiger partial charge in [-0.2, -0.15) is 0 Å². The highest BCUT2D eigenvalue weighted by molar-refractivity contribution is 9.09. The first-order valence-corrected chi connectivity index (χ1v) is 9.19. The highest BCUT2D eigenvalue weighted by atomic mass is 79.9. The molecule has 3 nitrogen and oxygen atoms in total. The second kappa shape index (κ2) is 5.19. The number of rotatable bonds is 3. The van der Waals surface area contributed by atoms with Gasteiger partial charge in [0.25, 0.3) is 0 Å². The molecule has 2 unspecified atom stereocenters. The van der Waals surface area contributed by atoms with Crippen molar-refractivity contribution in [2.24, 2.45) is 11.8 Å². The van der Waals surface area contributed by atoms with Crippen LogP contribution in [-0.4, -0.2) is 19.3 Å². The summed E-state index contributed by atoms with van der Waals surface area (Å²) in [5, 5.41) is 0. The van der Waals surface area contributed by atoms with Crippen molar-refractivity contribution in [2.45, 2.75) is 41.4 Å².